The second kappa shape index (κ2) is 7.38. The molecule has 3 rings (SSSR count). The van der Waals surface area contributed by atoms with Crippen molar-refractivity contribution in [3.8, 4) is 10.4 Å². The fourth-order valence-corrected chi connectivity index (χ4v) is 3.74. The number of carbonyl (C=O) groups is 2. The highest BCUT2D eigenvalue weighted by Gasteiger charge is 2.47. The predicted octanol–water partition coefficient (Wildman–Crippen LogP) is 1.80. The lowest BCUT2D eigenvalue weighted by atomic mass is 10.1. The Bertz CT molecular complexity index is 811. The summed E-state index contributed by atoms with van der Waals surface area (Å²) in [5.74, 6) is -0.765. The Balaban J connectivity index is 1.64. The number of benzene rings is 1. The van der Waals surface area contributed by atoms with Crippen molar-refractivity contribution < 1.29 is 24.2 Å². The number of aromatic nitrogens is 1. The highest BCUT2D eigenvalue weighted by molar-refractivity contribution is 7.13. The van der Waals surface area contributed by atoms with Crippen LogP contribution in [0.15, 0.2) is 29.8 Å². The molecule has 3 atom stereocenters. The average Bonchev–Trinajstić information content (AvgIpc) is 3.17. The lowest BCUT2D eigenvalue weighted by molar-refractivity contribution is -0.126. The van der Waals surface area contributed by atoms with Crippen LogP contribution in [0.3, 0.4) is 0 Å². The molecule has 0 unspecified atom stereocenters. The van der Waals surface area contributed by atoms with Gasteiger partial charge in [0.1, 0.15) is 12.1 Å². The Hall–Kier alpha value is -2.52. The Kier molecular flexibility index (Phi) is 5.19. The maximum atomic E-state index is 14.0. The molecule has 26 heavy (non-hydrogen) atoms. The quantitative estimate of drug-likeness (QED) is 0.752. The van der Waals surface area contributed by atoms with Gasteiger partial charge < -0.3 is 15.5 Å². The molecule has 1 aliphatic rings. The first-order valence-corrected chi connectivity index (χ1v) is 8.85. The number of carbonyl (C=O) groups excluding carboxylic acids is 1. The number of nitrogens with zero attached hydrogens (tertiary/aromatic N) is 2. The van der Waals surface area contributed by atoms with E-state index in [-0.39, 0.29) is 6.54 Å². The van der Waals surface area contributed by atoms with Crippen LogP contribution in [0.2, 0.25) is 0 Å². The van der Waals surface area contributed by atoms with E-state index in [1.165, 1.54) is 11.3 Å². The Morgan fingerprint density at radius 3 is 2.65 bits per heavy atom. The van der Waals surface area contributed by atoms with E-state index in [0.717, 1.165) is 21.7 Å². The summed E-state index contributed by atoms with van der Waals surface area (Å²) >= 11 is 1.54. The van der Waals surface area contributed by atoms with Crippen molar-refractivity contribution >= 4 is 23.3 Å². The molecule has 1 fully saturated rings. The molecule has 1 aromatic carbocycles. The predicted molar refractivity (Wildman–Crippen MR) is 93.6 cm³/mol. The number of thiazole rings is 1. The number of aliphatic hydroxyl groups excluding tert-OH is 1. The first-order chi connectivity index (χ1) is 12.4. The van der Waals surface area contributed by atoms with Crippen LogP contribution in [-0.4, -0.2) is 57.0 Å². The van der Waals surface area contributed by atoms with Gasteiger partial charge in [-0.1, -0.05) is 24.3 Å². The second-order valence-corrected chi connectivity index (χ2v) is 6.93. The number of alkyl halides is 1. The number of β-amino-alcohol motifs (C(OH)–C–C–N with tert-alkyl or cyclic N) is 1. The molecule has 1 aliphatic heterocycles. The average molecular weight is 379 g/mol. The van der Waals surface area contributed by atoms with Gasteiger partial charge in [-0.15, -0.1) is 11.3 Å². The zero-order chi connectivity index (χ0) is 18.8. The zero-order valence-corrected chi connectivity index (χ0v) is 14.7. The Morgan fingerprint density at radius 2 is 2.08 bits per heavy atom. The smallest absolute Gasteiger partial charge is 0.408 e. The van der Waals surface area contributed by atoms with Crippen LogP contribution in [0.5, 0.6) is 0 Å². The van der Waals surface area contributed by atoms with E-state index in [9.17, 15) is 19.1 Å². The number of nitrogens with one attached hydrogen (secondary N) is 1. The molecule has 3 N–H and O–H groups in total. The minimum atomic E-state index is -1.94. The number of carboxylic acid groups (broad SMARTS) is 1. The molecule has 138 valence electrons. The van der Waals surface area contributed by atoms with E-state index in [2.05, 4.69) is 10.3 Å². The monoisotopic (exact) mass is 379 g/mol. The van der Waals surface area contributed by atoms with Crippen LogP contribution in [-0.2, 0) is 11.3 Å². The third-order valence-electron chi connectivity index (χ3n) is 4.33. The van der Waals surface area contributed by atoms with Crippen molar-refractivity contribution in [1.29, 1.82) is 0 Å². The van der Waals surface area contributed by atoms with Crippen LogP contribution in [0.25, 0.3) is 10.4 Å². The summed E-state index contributed by atoms with van der Waals surface area (Å²) in [4.78, 5) is 29.2. The minimum Gasteiger partial charge on any atom is -0.465 e. The molecule has 1 aromatic heterocycles. The van der Waals surface area contributed by atoms with E-state index in [1.54, 1.807) is 5.51 Å². The fourth-order valence-electron chi connectivity index (χ4n) is 2.93. The van der Waals surface area contributed by atoms with Crippen LogP contribution in [0, 0.1) is 6.92 Å². The number of halogens is 1. The van der Waals surface area contributed by atoms with Gasteiger partial charge in [-0.25, -0.2) is 14.2 Å². The molecule has 0 spiro atoms. The summed E-state index contributed by atoms with van der Waals surface area (Å²) in [5, 5.41) is 21.1. The molecule has 0 aliphatic carbocycles. The summed E-state index contributed by atoms with van der Waals surface area (Å²) in [5.41, 5.74) is 4.52. The third kappa shape index (κ3) is 3.54. The summed E-state index contributed by atoms with van der Waals surface area (Å²) in [6, 6.07) is 5.94. The third-order valence-corrected chi connectivity index (χ3v) is 5.31. The lowest BCUT2D eigenvalue weighted by Crippen LogP contribution is -2.48. The standard InChI is InChI=1S/C17H18FN3O4S/c1-9-15(26-8-20-9)11-4-2-10(3-5-11)6-19-16(23)14-13(18)12(22)7-21(14)17(24)25/h2-5,8,12-14,22H,6-7H2,1H3,(H,19,23)(H,24,25)/t12-,13-,14-/m0/s1. The Labute approximate surface area is 153 Å². The van der Waals surface area contributed by atoms with E-state index in [0.29, 0.717) is 4.90 Å². The van der Waals surface area contributed by atoms with E-state index in [1.807, 2.05) is 31.2 Å². The molecule has 2 heterocycles. The van der Waals surface area contributed by atoms with Crippen molar-refractivity contribution in [2.24, 2.45) is 0 Å². The van der Waals surface area contributed by atoms with Gasteiger partial charge in [-0.2, -0.15) is 0 Å². The number of rotatable bonds is 4. The lowest BCUT2D eigenvalue weighted by Gasteiger charge is -2.21. The highest BCUT2D eigenvalue weighted by atomic mass is 32.1. The van der Waals surface area contributed by atoms with Crippen LogP contribution < -0.4 is 5.32 Å². The first-order valence-electron chi connectivity index (χ1n) is 7.97. The number of amides is 2. The van der Waals surface area contributed by atoms with Gasteiger partial charge in [0.2, 0.25) is 5.91 Å². The van der Waals surface area contributed by atoms with Crippen molar-refractivity contribution in [2.75, 3.05) is 6.54 Å². The molecule has 0 bridgehead atoms. The molecular weight excluding hydrogens is 361 g/mol. The van der Waals surface area contributed by atoms with E-state index < -0.39 is 36.9 Å². The molecule has 0 saturated carbocycles. The van der Waals surface area contributed by atoms with Crippen molar-refractivity contribution in [3.05, 3.63) is 41.0 Å². The van der Waals surface area contributed by atoms with Crippen LogP contribution >= 0.6 is 11.3 Å². The van der Waals surface area contributed by atoms with Crippen LogP contribution in [0.1, 0.15) is 11.3 Å². The summed E-state index contributed by atoms with van der Waals surface area (Å²) in [6.07, 6.45) is -4.87. The molecule has 2 aromatic rings. The van der Waals surface area contributed by atoms with Gasteiger partial charge in [0, 0.05) is 6.54 Å². The van der Waals surface area contributed by atoms with Crippen LogP contribution in [0.4, 0.5) is 9.18 Å². The molecule has 0 radical (unpaired) electrons. The highest BCUT2D eigenvalue weighted by Crippen LogP contribution is 2.27. The number of likely N-dealkylation sites (tertiary alicyclic amines) is 1. The Morgan fingerprint density at radius 1 is 1.38 bits per heavy atom. The molecule has 1 saturated heterocycles. The van der Waals surface area contributed by atoms with Crippen molar-refractivity contribution in [2.45, 2.75) is 31.8 Å². The molecule has 2 amide bonds. The van der Waals surface area contributed by atoms with Gasteiger partial charge in [0.25, 0.3) is 0 Å². The largest absolute Gasteiger partial charge is 0.465 e. The minimum absolute atomic E-state index is 0.133. The number of aliphatic hydroxyl groups is 1. The zero-order valence-electron chi connectivity index (χ0n) is 13.9. The van der Waals surface area contributed by atoms with Gasteiger partial charge in [0.15, 0.2) is 6.17 Å². The van der Waals surface area contributed by atoms with Crippen molar-refractivity contribution in [3.63, 3.8) is 0 Å². The van der Waals surface area contributed by atoms with Gasteiger partial charge in [-0.3, -0.25) is 9.69 Å². The molecule has 9 heteroatoms. The van der Waals surface area contributed by atoms with Gasteiger partial charge >= 0.3 is 6.09 Å². The number of aryl methyl sites for hydroxylation is 1. The maximum absolute atomic E-state index is 14.0. The maximum Gasteiger partial charge on any atom is 0.408 e. The summed E-state index contributed by atoms with van der Waals surface area (Å²) in [7, 11) is 0. The molecular formula is C17H18FN3O4S. The number of hydrogen-bond acceptors (Lipinski definition) is 5. The van der Waals surface area contributed by atoms with Gasteiger partial charge in [-0.05, 0) is 18.1 Å². The summed E-state index contributed by atoms with van der Waals surface area (Å²) < 4.78 is 14.0. The van der Waals surface area contributed by atoms with Crippen molar-refractivity contribution in [1.82, 2.24) is 15.2 Å². The summed E-state index contributed by atoms with van der Waals surface area (Å²) in [6.45, 7) is 1.64. The first kappa shape index (κ1) is 18.3. The van der Waals surface area contributed by atoms with E-state index in [4.69, 9.17) is 5.11 Å². The normalized spacial score (nSPS) is 22.4. The topological polar surface area (TPSA) is 103 Å². The van der Waals surface area contributed by atoms with E-state index >= 15 is 0 Å². The fraction of sp³-hybridized carbons (Fsp3) is 0.353. The SMILES string of the molecule is Cc1ncsc1-c1ccc(CNC(=O)[C@@H]2[C@@H](F)[C@@H](O)CN2C(=O)O)cc1. The van der Waals surface area contributed by atoms with Gasteiger partial charge in [0.05, 0.1) is 22.6 Å². The number of hydrogen-bond donors (Lipinski definition) is 3. The second-order valence-electron chi connectivity index (χ2n) is 6.07. The molecule has 7 nitrogen and oxygen atoms in total.